The molecule has 2 aromatic rings. The number of halogens is 3. The van der Waals surface area contributed by atoms with Crippen LogP contribution in [0.3, 0.4) is 0 Å². The highest BCUT2D eigenvalue weighted by atomic mass is 19.1. The zero-order valence-corrected chi connectivity index (χ0v) is 11.2. The lowest BCUT2D eigenvalue weighted by atomic mass is 10.1. The summed E-state index contributed by atoms with van der Waals surface area (Å²) in [4.78, 5) is 13.2. The maximum atomic E-state index is 13.8. The number of anilines is 1. The molecule has 2 aromatic carbocycles. The predicted molar refractivity (Wildman–Crippen MR) is 73.0 cm³/mol. The molecular weight excluding hydrogens is 281 g/mol. The van der Waals surface area contributed by atoms with Gasteiger partial charge in [0.15, 0.2) is 5.82 Å². The van der Waals surface area contributed by atoms with E-state index in [4.69, 9.17) is 5.73 Å². The van der Waals surface area contributed by atoms with Crippen molar-refractivity contribution in [3.63, 3.8) is 0 Å². The van der Waals surface area contributed by atoms with Gasteiger partial charge in [-0.25, -0.2) is 13.2 Å². The number of carbonyl (C=O) groups is 1. The number of amides is 1. The first kappa shape index (κ1) is 14.9. The van der Waals surface area contributed by atoms with E-state index < -0.39 is 28.9 Å². The highest BCUT2D eigenvalue weighted by Crippen LogP contribution is 2.20. The fourth-order valence-corrected chi connectivity index (χ4v) is 1.94. The molecule has 2 N–H and O–H groups in total. The van der Waals surface area contributed by atoms with E-state index in [-0.39, 0.29) is 12.2 Å². The molecule has 1 amide bonds. The van der Waals surface area contributed by atoms with Gasteiger partial charge < -0.3 is 10.6 Å². The van der Waals surface area contributed by atoms with E-state index >= 15 is 0 Å². The predicted octanol–water partition coefficient (Wildman–Crippen LogP) is 2.96. The Morgan fingerprint density at radius 2 is 1.90 bits per heavy atom. The van der Waals surface area contributed by atoms with Crippen LogP contribution in [0.15, 0.2) is 36.4 Å². The Morgan fingerprint density at radius 1 is 1.19 bits per heavy atom. The summed E-state index contributed by atoms with van der Waals surface area (Å²) in [6.07, 6.45) is 0. The number of hydrogen-bond acceptors (Lipinski definition) is 2. The van der Waals surface area contributed by atoms with Crippen LogP contribution < -0.4 is 5.73 Å². The number of nitrogens with zero attached hydrogens (tertiary/aromatic N) is 1. The van der Waals surface area contributed by atoms with Crippen LogP contribution in [0, 0.1) is 17.5 Å². The molecule has 0 saturated carbocycles. The van der Waals surface area contributed by atoms with Crippen molar-refractivity contribution >= 4 is 11.6 Å². The van der Waals surface area contributed by atoms with Crippen molar-refractivity contribution in [2.75, 3.05) is 12.8 Å². The normalized spacial score (nSPS) is 10.5. The van der Waals surface area contributed by atoms with Gasteiger partial charge in [-0.3, -0.25) is 4.79 Å². The van der Waals surface area contributed by atoms with E-state index in [2.05, 4.69) is 0 Å². The van der Waals surface area contributed by atoms with Gasteiger partial charge in [0.05, 0.1) is 5.69 Å². The van der Waals surface area contributed by atoms with Gasteiger partial charge in [0.1, 0.15) is 17.2 Å². The van der Waals surface area contributed by atoms with E-state index in [1.807, 2.05) is 0 Å². The fraction of sp³-hybridized carbons (Fsp3) is 0.133. The summed E-state index contributed by atoms with van der Waals surface area (Å²) in [6, 6.07) is 7.59. The van der Waals surface area contributed by atoms with Crippen LogP contribution in [0.5, 0.6) is 0 Å². The van der Waals surface area contributed by atoms with Crippen molar-refractivity contribution in [1.82, 2.24) is 4.90 Å². The molecule has 0 aromatic heterocycles. The highest BCUT2D eigenvalue weighted by Gasteiger charge is 2.22. The van der Waals surface area contributed by atoms with Crippen molar-refractivity contribution in [3.05, 3.63) is 65.0 Å². The monoisotopic (exact) mass is 294 g/mol. The third-order valence-corrected chi connectivity index (χ3v) is 2.99. The molecule has 0 saturated heterocycles. The summed E-state index contributed by atoms with van der Waals surface area (Å²) in [7, 11) is 1.37. The maximum absolute atomic E-state index is 13.8. The van der Waals surface area contributed by atoms with E-state index in [0.29, 0.717) is 5.56 Å². The number of rotatable bonds is 3. The molecule has 0 fully saturated rings. The average Bonchev–Trinajstić information content (AvgIpc) is 2.43. The Morgan fingerprint density at radius 3 is 2.57 bits per heavy atom. The van der Waals surface area contributed by atoms with Gasteiger partial charge >= 0.3 is 0 Å². The SMILES string of the molecule is CN(Cc1cccc(F)c1)C(=O)c1c(F)ccc(N)c1F. The largest absolute Gasteiger partial charge is 0.396 e. The number of carbonyl (C=O) groups excluding carboxylic acids is 1. The molecule has 0 aliphatic heterocycles. The Labute approximate surface area is 119 Å². The molecule has 0 atom stereocenters. The molecule has 2 rings (SSSR count). The summed E-state index contributed by atoms with van der Waals surface area (Å²) < 4.78 is 40.5. The van der Waals surface area contributed by atoms with E-state index in [1.54, 1.807) is 6.07 Å². The molecule has 0 spiro atoms. The lowest BCUT2D eigenvalue weighted by Crippen LogP contribution is -2.28. The summed E-state index contributed by atoms with van der Waals surface area (Å²) >= 11 is 0. The molecule has 21 heavy (non-hydrogen) atoms. The van der Waals surface area contributed by atoms with Crippen molar-refractivity contribution in [3.8, 4) is 0 Å². The second kappa shape index (κ2) is 5.87. The summed E-state index contributed by atoms with van der Waals surface area (Å²) in [5, 5.41) is 0. The van der Waals surface area contributed by atoms with Gasteiger partial charge in [-0.05, 0) is 29.8 Å². The van der Waals surface area contributed by atoms with E-state index in [0.717, 1.165) is 17.0 Å². The summed E-state index contributed by atoms with van der Waals surface area (Å²) in [5.41, 5.74) is 4.83. The van der Waals surface area contributed by atoms with Gasteiger partial charge in [0, 0.05) is 13.6 Å². The number of hydrogen-bond donors (Lipinski definition) is 1. The Bertz CT molecular complexity index is 689. The molecule has 0 aliphatic rings. The maximum Gasteiger partial charge on any atom is 0.259 e. The van der Waals surface area contributed by atoms with Crippen LogP contribution in [0.4, 0.5) is 18.9 Å². The molecular formula is C15H13F3N2O. The first-order chi connectivity index (χ1) is 9.90. The minimum Gasteiger partial charge on any atom is -0.396 e. The zero-order chi connectivity index (χ0) is 15.6. The van der Waals surface area contributed by atoms with Crippen molar-refractivity contribution in [2.24, 2.45) is 0 Å². The zero-order valence-electron chi connectivity index (χ0n) is 11.2. The van der Waals surface area contributed by atoms with E-state index in [9.17, 15) is 18.0 Å². The smallest absolute Gasteiger partial charge is 0.259 e. The Balaban J connectivity index is 2.26. The highest BCUT2D eigenvalue weighted by molar-refractivity contribution is 5.95. The van der Waals surface area contributed by atoms with E-state index in [1.165, 1.54) is 25.2 Å². The Kier molecular flexibility index (Phi) is 4.16. The van der Waals surface area contributed by atoms with Crippen LogP contribution in [0.2, 0.25) is 0 Å². The van der Waals surface area contributed by atoms with Gasteiger partial charge in [-0.15, -0.1) is 0 Å². The second-order valence-corrected chi connectivity index (χ2v) is 4.62. The fourth-order valence-electron chi connectivity index (χ4n) is 1.94. The minimum atomic E-state index is -1.09. The molecule has 0 bridgehead atoms. The van der Waals surface area contributed by atoms with Crippen LogP contribution in [-0.4, -0.2) is 17.9 Å². The van der Waals surface area contributed by atoms with Gasteiger partial charge in [0.2, 0.25) is 0 Å². The molecule has 0 heterocycles. The van der Waals surface area contributed by atoms with Crippen molar-refractivity contribution in [1.29, 1.82) is 0 Å². The second-order valence-electron chi connectivity index (χ2n) is 4.62. The minimum absolute atomic E-state index is 0.0181. The first-order valence-corrected chi connectivity index (χ1v) is 6.13. The summed E-state index contributed by atoms with van der Waals surface area (Å²) in [5.74, 6) is -3.39. The molecule has 0 radical (unpaired) electrons. The topological polar surface area (TPSA) is 46.3 Å². The van der Waals surface area contributed by atoms with Crippen LogP contribution >= 0.6 is 0 Å². The standard InChI is InChI=1S/C15H13F3N2O/c1-20(8-9-3-2-4-10(16)7-9)15(21)13-11(17)5-6-12(19)14(13)18/h2-7H,8,19H2,1H3. The first-order valence-electron chi connectivity index (χ1n) is 6.13. The molecule has 3 nitrogen and oxygen atoms in total. The summed E-state index contributed by atoms with van der Waals surface area (Å²) in [6.45, 7) is 0.0181. The molecule has 0 unspecified atom stereocenters. The number of nitrogen functional groups attached to an aromatic ring is 1. The van der Waals surface area contributed by atoms with Crippen molar-refractivity contribution in [2.45, 2.75) is 6.54 Å². The third-order valence-electron chi connectivity index (χ3n) is 2.99. The van der Waals surface area contributed by atoms with Crippen LogP contribution in [0.1, 0.15) is 15.9 Å². The average molecular weight is 294 g/mol. The molecule has 110 valence electrons. The number of benzene rings is 2. The lowest BCUT2D eigenvalue weighted by molar-refractivity contribution is 0.0775. The Hall–Kier alpha value is -2.50. The van der Waals surface area contributed by atoms with Gasteiger partial charge in [0.25, 0.3) is 5.91 Å². The third kappa shape index (κ3) is 3.16. The van der Waals surface area contributed by atoms with Crippen LogP contribution in [0.25, 0.3) is 0 Å². The van der Waals surface area contributed by atoms with Crippen LogP contribution in [-0.2, 0) is 6.54 Å². The lowest BCUT2D eigenvalue weighted by Gasteiger charge is -2.18. The van der Waals surface area contributed by atoms with Gasteiger partial charge in [-0.1, -0.05) is 12.1 Å². The molecule has 0 aliphatic carbocycles. The quantitative estimate of drug-likeness (QED) is 0.885. The molecule has 6 heteroatoms. The van der Waals surface area contributed by atoms with Crippen molar-refractivity contribution < 1.29 is 18.0 Å². The number of nitrogens with two attached hydrogens (primary N) is 1. The van der Waals surface area contributed by atoms with Gasteiger partial charge in [-0.2, -0.15) is 0 Å².